The molecule has 0 unspecified atom stereocenters. The lowest BCUT2D eigenvalue weighted by Gasteiger charge is -2.28. The number of hydrogen-bond donors (Lipinski definition) is 1. The van der Waals surface area contributed by atoms with Crippen molar-refractivity contribution in [3.8, 4) is 0 Å². The first-order chi connectivity index (χ1) is 11.6. The molecule has 0 atom stereocenters. The molecule has 2 rings (SSSR count). The summed E-state index contributed by atoms with van der Waals surface area (Å²) in [4.78, 5) is 12.9. The predicted molar refractivity (Wildman–Crippen MR) is 99.6 cm³/mol. The zero-order valence-electron chi connectivity index (χ0n) is 15.8. The molecule has 1 aromatic rings. The lowest BCUT2D eigenvalue weighted by Crippen LogP contribution is -2.44. The minimum atomic E-state index is -3.75. The van der Waals surface area contributed by atoms with Crippen LogP contribution >= 0.6 is 0 Å². The van der Waals surface area contributed by atoms with Crippen LogP contribution in [0.4, 0.5) is 0 Å². The van der Waals surface area contributed by atoms with Crippen molar-refractivity contribution in [2.75, 3.05) is 6.26 Å². The highest BCUT2D eigenvalue weighted by Crippen LogP contribution is 2.41. The van der Waals surface area contributed by atoms with Gasteiger partial charge in [0.2, 0.25) is 0 Å². The number of amides is 1. The van der Waals surface area contributed by atoms with Crippen molar-refractivity contribution in [1.29, 1.82) is 0 Å². The van der Waals surface area contributed by atoms with Crippen LogP contribution in [0.3, 0.4) is 0 Å². The Bertz CT molecular complexity index is 833. The van der Waals surface area contributed by atoms with Crippen molar-refractivity contribution in [3.63, 3.8) is 0 Å². The number of benzene rings is 1. The van der Waals surface area contributed by atoms with Gasteiger partial charge in [-0.25, -0.2) is 0 Å². The second-order valence-corrected chi connectivity index (χ2v) is 8.28. The normalized spacial score (nSPS) is 17.0. The third-order valence-electron chi connectivity index (χ3n) is 4.88. The molecule has 0 aromatic heterocycles. The van der Waals surface area contributed by atoms with Crippen LogP contribution < -0.4 is 5.32 Å². The summed E-state index contributed by atoms with van der Waals surface area (Å²) < 4.78 is 29.2. The van der Waals surface area contributed by atoms with Gasteiger partial charge in [0, 0.05) is 0 Å². The van der Waals surface area contributed by atoms with Gasteiger partial charge in [-0.2, -0.15) is 8.42 Å². The molecule has 0 bridgehead atoms. The second kappa shape index (κ2) is 6.83. The van der Waals surface area contributed by atoms with Gasteiger partial charge in [-0.1, -0.05) is 38.5 Å². The van der Waals surface area contributed by atoms with Gasteiger partial charge in [-0.05, 0) is 49.8 Å². The van der Waals surface area contributed by atoms with Crippen LogP contribution in [0.1, 0.15) is 55.9 Å². The third kappa shape index (κ3) is 3.59. The minimum Gasteiger partial charge on any atom is -0.384 e. The number of rotatable bonds is 6. The summed E-state index contributed by atoms with van der Waals surface area (Å²) in [7, 11) is -3.75. The van der Waals surface area contributed by atoms with Crippen LogP contribution in [-0.4, -0.2) is 26.1 Å². The highest BCUT2D eigenvalue weighted by molar-refractivity contribution is 7.86. The first-order valence-electron chi connectivity index (χ1n) is 8.65. The van der Waals surface area contributed by atoms with Crippen molar-refractivity contribution in [2.45, 2.75) is 59.4 Å². The quantitative estimate of drug-likeness (QED) is 0.786. The van der Waals surface area contributed by atoms with Crippen LogP contribution in [0.25, 0.3) is 5.57 Å². The summed E-state index contributed by atoms with van der Waals surface area (Å²) in [5.74, 6) is -0.0457. The first kappa shape index (κ1) is 19.5. The van der Waals surface area contributed by atoms with Crippen LogP contribution in [-0.2, 0) is 25.5 Å². The molecule has 1 heterocycles. The van der Waals surface area contributed by atoms with E-state index in [0.717, 1.165) is 34.9 Å². The van der Waals surface area contributed by atoms with Crippen molar-refractivity contribution < 1.29 is 17.4 Å². The Kier molecular flexibility index (Phi) is 5.33. The van der Waals surface area contributed by atoms with Gasteiger partial charge in [-0.15, -0.1) is 0 Å². The molecule has 0 saturated carbocycles. The molecule has 1 amide bonds. The van der Waals surface area contributed by atoms with Crippen molar-refractivity contribution >= 4 is 21.6 Å². The van der Waals surface area contributed by atoms with E-state index in [1.165, 1.54) is 0 Å². The van der Waals surface area contributed by atoms with E-state index < -0.39 is 15.7 Å². The van der Waals surface area contributed by atoms with Gasteiger partial charge in [0.25, 0.3) is 5.91 Å². The van der Waals surface area contributed by atoms with Gasteiger partial charge < -0.3 is 9.50 Å². The Hall–Kier alpha value is -1.82. The number of hydrogen-bond acceptors (Lipinski definition) is 4. The van der Waals surface area contributed by atoms with Crippen LogP contribution in [0.5, 0.6) is 0 Å². The van der Waals surface area contributed by atoms with E-state index in [1.807, 2.05) is 46.8 Å². The van der Waals surface area contributed by atoms with Crippen LogP contribution in [0.15, 0.2) is 17.9 Å². The number of aryl methyl sites for hydroxylation is 3. The van der Waals surface area contributed by atoms with Crippen molar-refractivity contribution in [3.05, 3.63) is 40.1 Å². The average Bonchev–Trinajstić information content (AvgIpc) is 2.77. The Balaban J connectivity index is 2.86. The molecule has 6 heteroatoms. The number of carbonyl (C=O) groups is 1. The summed E-state index contributed by atoms with van der Waals surface area (Å²) in [5, 5.41) is 2.98. The highest BCUT2D eigenvalue weighted by Gasteiger charge is 2.47. The molecule has 0 radical (unpaired) electrons. The molecule has 0 saturated heterocycles. The van der Waals surface area contributed by atoms with Crippen molar-refractivity contribution in [1.82, 2.24) is 5.32 Å². The monoisotopic (exact) mass is 365 g/mol. The third-order valence-corrected chi connectivity index (χ3v) is 5.35. The number of nitrogens with one attached hydrogen (secondary N) is 1. The molecule has 0 spiro atoms. The SMILES string of the molecule is CCc1cc(C)cc(C)c1C1=C(OS(C)(=O)=O)C(CC)(CC)NC1=O. The largest absolute Gasteiger partial charge is 0.384 e. The molecule has 138 valence electrons. The fourth-order valence-corrected chi connectivity index (χ4v) is 4.16. The Morgan fingerprint density at radius 1 is 1.12 bits per heavy atom. The topological polar surface area (TPSA) is 72.5 Å². The lowest BCUT2D eigenvalue weighted by molar-refractivity contribution is -0.116. The summed E-state index contributed by atoms with van der Waals surface area (Å²) in [6.45, 7) is 9.81. The fourth-order valence-electron chi connectivity index (χ4n) is 3.62. The zero-order chi connectivity index (χ0) is 19.0. The lowest BCUT2D eigenvalue weighted by atomic mass is 9.87. The summed E-state index contributed by atoms with van der Waals surface area (Å²) in [6.07, 6.45) is 2.86. The molecular formula is C19H27NO4S. The first-order valence-corrected chi connectivity index (χ1v) is 10.5. The molecule has 1 aliphatic heterocycles. The maximum atomic E-state index is 12.9. The van der Waals surface area contributed by atoms with Crippen molar-refractivity contribution in [2.24, 2.45) is 0 Å². The summed E-state index contributed by atoms with van der Waals surface area (Å²) in [5.41, 5.74) is 3.41. The second-order valence-electron chi connectivity index (χ2n) is 6.70. The van der Waals surface area contributed by atoms with Gasteiger partial charge in [-0.3, -0.25) is 4.79 Å². The molecule has 1 aliphatic rings. The average molecular weight is 365 g/mol. The molecule has 25 heavy (non-hydrogen) atoms. The standard InChI is InChI=1S/C19H27NO4S/c1-7-14-11-12(4)10-13(5)15(14)16-17(24-25(6,22)23)19(8-2,9-3)20-18(16)21/h10-11H,7-9H2,1-6H3,(H,20,21). The fraction of sp³-hybridized carbons (Fsp3) is 0.526. The van der Waals surface area contributed by atoms with E-state index in [9.17, 15) is 13.2 Å². The van der Waals surface area contributed by atoms with E-state index in [1.54, 1.807) is 0 Å². The van der Waals surface area contributed by atoms with Gasteiger partial charge >= 0.3 is 10.1 Å². The van der Waals surface area contributed by atoms with E-state index in [4.69, 9.17) is 4.18 Å². The Morgan fingerprint density at radius 3 is 2.20 bits per heavy atom. The predicted octanol–water partition coefficient (Wildman–Crippen LogP) is 3.24. The van der Waals surface area contributed by atoms with Crippen LogP contribution in [0, 0.1) is 13.8 Å². The number of carbonyl (C=O) groups excluding carboxylic acids is 1. The molecule has 0 aliphatic carbocycles. The van der Waals surface area contributed by atoms with Gasteiger partial charge in [0.05, 0.1) is 17.4 Å². The van der Waals surface area contributed by atoms with E-state index >= 15 is 0 Å². The van der Waals surface area contributed by atoms with Gasteiger partial charge in [0.15, 0.2) is 5.76 Å². The molecule has 1 aromatic carbocycles. The maximum absolute atomic E-state index is 12.9. The van der Waals surface area contributed by atoms with E-state index in [0.29, 0.717) is 18.4 Å². The maximum Gasteiger partial charge on any atom is 0.306 e. The highest BCUT2D eigenvalue weighted by atomic mass is 32.2. The Morgan fingerprint density at radius 2 is 1.72 bits per heavy atom. The Labute approximate surface area is 150 Å². The van der Waals surface area contributed by atoms with E-state index in [2.05, 4.69) is 5.32 Å². The smallest absolute Gasteiger partial charge is 0.306 e. The summed E-state index contributed by atoms with van der Waals surface area (Å²) in [6, 6.07) is 4.04. The zero-order valence-corrected chi connectivity index (χ0v) is 16.6. The van der Waals surface area contributed by atoms with E-state index in [-0.39, 0.29) is 11.7 Å². The molecule has 1 N–H and O–H groups in total. The molecule has 0 fully saturated rings. The van der Waals surface area contributed by atoms with Gasteiger partial charge in [0.1, 0.15) is 0 Å². The molecular weight excluding hydrogens is 338 g/mol. The molecule has 5 nitrogen and oxygen atoms in total. The van der Waals surface area contributed by atoms with Crippen LogP contribution in [0.2, 0.25) is 0 Å². The summed E-state index contributed by atoms with van der Waals surface area (Å²) >= 11 is 0. The minimum absolute atomic E-state index is 0.228.